The maximum absolute atomic E-state index is 10.9. The number of hydrogen-bond donors (Lipinski definition) is 0. The summed E-state index contributed by atoms with van der Waals surface area (Å²) in [5, 5.41) is 8.37. The molecule has 0 atom stereocenters. The van der Waals surface area contributed by atoms with Crippen molar-refractivity contribution in [3.63, 3.8) is 0 Å². The fourth-order valence-electron chi connectivity index (χ4n) is 0.987. The topological polar surface area (TPSA) is 44.1 Å². The van der Waals surface area contributed by atoms with Crippen molar-refractivity contribution >= 4 is 5.91 Å². The number of amides is 1. The van der Waals surface area contributed by atoms with Gasteiger partial charge in [-0.15, -0.1) is 0 Å². The third kappa shape index (κ3) is 2.54. The second-order valence-corrected chi connectivity index (χ2v) is 2.48. The first kappa shape index (κ1) is 11.0. The van der Waals surface area contributed by atoms with Crippen LogP contribution in [0.15, 0.2) is 0 Å². The largest absolute Gasteiger partial charge is 0.340 e. The molecule has 1 heterocycles. The summed E-state index contributed by atoms with van der Waals surface area (Å²) in [6.45, 7) is 7.12. The summed E-state index contributed by atoms with van der Waals surface area (Å²) >= 11 is 0. The van der Waals surface area contributed by atoms with Crippen LogP contribution in [0.3, 0.4) is 0 Å². The Labute approximate surface area is 74.0 Å². The first-order valence-electron chi connectivity index (χ1n) is 4.45. The second kappa shape index (κ2) is 5.59. The zero-order valence-corrected chi connectivity index (χ0v) is 8.00. The van der Waals surface area contributed by atoms with Crippen LogP contribution < -0.4 is 0 Å². The first-order valence-corrected chi connectivity index (χ1v) is 4.45. The molecule has 1 aliphatic heterocycles. The van der Waals surface area contributed by atoms with Gasteiger partial charge >= 0.3 is 0 Å². The normalized spacial score (nSPS) is 15.3. The van der Waals surface area contributed by atoms with Crippen molar-refractivity contribution in [3.05, 3.63) is 0 Å². The summed E-state index contributed by atoms with van der Waals surface area (Å²) in [6, 6.07) is 2.12. The third-order valence-electron chi connectivity index (χ3n) is 1.72. The number of rotatable bonds is 1. The van der Waals surface area contributed by atoms with Crippen LogP contribution in [0.5, 0.6) is 0 Å². The highest BCUT2D eigenvalue weighted by atomic mass is 16.2. The Morgan fingerprint density at radius 3 is 2.42 bits per heavy atom. The highest BCUT2D eigenvalue weighted by Crippen LogP contribution is 2.14. The molecule has 0 spiro atoms. The lowest BCUT2D eigenvalue weighted by atomic mass is 10.0. The summed E-state index contributed by atoms with van der Waals surface area (Å²) in [5.74, 6) is 0.252. The van der Waals surface area contributed by atoms with E-state index >= 15 is 0 Å². The minimum absolute atomic E-state index is 0.0931. The number of carbonyl (C=O) groups is 1. The maximum atomic E-state index is 10.9. The predicted octanol–water partition coefficient (Wildman–Crippen LogP) is 1.40. The smallest absolute Gasteiger partial charge is 0.222 e. The lowest BCUT2D eigenvalue weighted by Gasteiger charge is -2.34. The van der Waals surface area contributed by atoms with Gasteiger partial charge in [0.15, 0.2) is 0 Å². The van der Waals surface area contributed by atoms with Crippen LogP contribution in [0.1, 0.15) is 27.2 Å². The average Bonchev–Trinajstić information content (AvgIpc) is 2.06. The molecule has 0 aromatic rings. The SMILES string of the molecule is CC.CCC(=O)N1CC(C#N)C1. The van der Waals surface area contributed by atoms with Gasteiger partial charge in [-0.05, 0) is 0 Å². The van der Waals surface area contributed by atoms with Crippen LogP contribution in [0.2, 0.25) is 0 Å². The van der Waals surface area contributed by atoms with Gasteiger partial charge in [-0.3, -0.25) is 4.79 Å². The molecule has 3 nitrogen and oxygen atoms in total. The Kier molecular flexibility index (Phi) is 5.11. The maximum Gasteiger partial charge on any atom is 0.222 e. The van der Waals surface area contributed by atoms with Gasteiger partial charge in [-0.2, -0.15) is 5.26 Å². The van der Waals surface area contributed by atoms with Crippen LogP contribution in [0.4, 0.5) is 0 Å². The fraction of sp³-hybridized carbons (Fsp3) is 0.778. The fourth-order valence-corrected chi connectivity index (χ4v) is 0.987. The van der Waals surface area contributed by atoms with Gasteiger partial charge in [-0.25, -0.2) is 0 Å². The van der Waals surface area contributed by atoms with E-state index in [-0.39, 0.29) is 11.8 Å². The molecule has 68 valence electrons. The molecule has 1 amide bonds. The average molecular weight is 168 g/mol. The lowest BCUT2D eigenvalue weighted by molar-refractivity contribution is -0.135. The highest BCUT2D eigenvalue weighted by molar-refractivity contribution is 5.76. The van der Waals surface area contributed by atoms with E-state index in [1.165, 1.54) is 0 Å². The van der Waals surface area contributed by atoms with Crippen molar-refractivity contribution < 1.29 is 4.79 Å². The Hall–Kier alpha value is -1.04. The molecule has 0 saturated carbocycles. The Morgan fingerprint density at radius 2 is 2.08 bits per heavy atom. The van der Waals surface area contributed by atoms with E-state index in [1.807, 2.05) is 20.8 Å². The predicted molar refractivity (Wildman–Crippen MR) is 47.3 cm³/mol. The van der Waals surface area contributed by atoms with E-state index < -0.39 is 0 Å². The molecule has 1 fully saturated rings. The van der Waals surface area contributed by atoms with Crippen LogP contribution in [0.25, 0.3) is 0 Å². The van der Waals surface area contributed by atoms with E-state index in [9.17, 15) is 4.79 Å². The molecule has 0 unspecified atom stereocenters. The number of likely N-dealkylation sites (tertiary alicyclic amines) is 1. The zero-order chi connectivity index (χ0) is 9.56. The first-order chi connectivity index (χ1) is 5.77. The molecule has 1 saturated heterocycles. The van der Waals surface area contributed by atoms with Gasteiger partial charge in [0, 0.05) is 19.5 Å². The number of nitrogens with zero attached hydrogens (tertiary/aromatic N) is 2. The number of nitriles is 1. The van der Waals surface area contributed by atoms with Crippen LogP contribution in [-0.2, 0) is 4.79 Å². The summed E-state index contributed by atoms with van der Waals surface area (Å²) in [7, 11) is 0. The second-order valence-electron chi connectivity index (χ2n) is 2.48. The van der Waals surface area contributed by atoms with E-state index in [4.69, 9.17) is 5.26 Å². The molecule has 0 aliphatic carbocycles. The van der Waals surface area contributed by atoms with Crippen LogP contribution in [0, 0.1) is 17.2 Å². The molecule has 0 aromatic heterocycles. The van der Waals surface area contributed by atoms with Crippen molar-refractivity contribution in [2.45, 2.75) is 27.2 Å². The van der Waals surface area contributed by atoms with Gasteiger partial charge in [0.25, 0.3) is 0 Å². The van der Waals surface area contributed by atoms with E-state index in [0.29, 0.717) is 19.5 Å². The van der Waals surface area contributed by atoms with Crippen molar-refractivity contribution in [2.24, 2.45) is 5.92 Å². The van der Waals surface area contributed by atoms with Gasteiger partial charge in [-0.1, -0.05) is 20.8 Å². The molecule has 0 bridgehead atoms. The quantitative estimate of drug-likeness (QED) is 0.594. The van der Waals surface area contributed by atoms with Crippen molar-refractivity contribution in [3.8, 4) is 6.07 Å². The molecule has 1 aliphatic rings. The minimum atomic E-state index is 0.0931. The lowest BCUT2D eigenvalue weighted by Crippen LogP contribution is -2.49. The van der Waals surface area contributed by atoms with Gasteiger partial charge in [0.1, 0.15) is 0 Å². The summed E-state index contributed by atoms with van der Waals surface area (Å²) in [5.41, 5.74) is 0. The van der Waals surface area contributed by atoms with Gasteiger partial charge < -0.3 is 4.90 Å². The van der Waals surface area contributed by atoms with E-state index in [2.05, 4.69) is 6.07 Å². The van der Waals surface area contributed by atoms with Crippen molar-refractivity contribution in [1.82, 2.24) is 4.90 Å². The minimum Gasteiger partial charge on any atom is -0.340 e. The van der Waals surface area contributed by atoms with E-state index in [1.54, 1.807) is 4.90 Å². The summed E-state index contributed by atoms with van der Waals surface area (Å²) in [6.07, 6.45) is 0.554. The third-order valence-corrected chi connectivity index (χ3v) is 1.72. The highest BCUT2D eigenvalue weighted by Gasteiger charge is 2.28. The Bertz CT molecular complexity index is 177. The van der Waals surface area contributed by atoms with Gasteiger partial charge in [0.05, 0.1) is 12.0 Å². The summed E-state index contributed by atoms with van der Waals surface area (Å²) in [4.78, 5) is 12.6. The van der Waals surface area contributed by atoms with Crippen LogP contribution >= 0.6 is 0 Å². The summed E-state index contributed by atoms with van der Waals surface area (Å²) < 4.78 is 0. The standard InChI is InChI=1S/C7H10N2O.C2H6/c1-2-7(10)9-4-6(3-8)5-9;1-2/h6H,2,4-5H2,1H3;1-2H3. The van der Waals surface area contributed by atoms with Gasteiger partial charge in [0.2, 0.25) is 5.91 Å². The molecule has 1 rings (SSSR count). The molecule has 0 N–H and O–H groups in total. The van der Waals surface area contributed by atoms with Crippen molar-refractivity contribution in [1.29, 1.82) is 5.26 Å². The van der Waals surface area contributed by atoms with Crippen molar-refractivity contribution in [2.75, 3.05) is 13.1 Å². The number of hydrogen-bond acceptors (Lipinski definition) is 2. The Morgan fingerprint density at radius 1 is 1.58 bits per heavy atom. The molecule has 12 heavy (non-hydrogen) atoms. The number of carbonyl (C=O) groups excluding carboxylic acids is 1. The molecular weight excluding hydrogens is 152 g/mol. The molecular formula is C9H16N2O. The van der Waals surface area contributed by atoms with Crippen LogP contribution in [-0.4, -0.2) is 23.9 Å². The molecule has 3 heteroatoms. The zero-order valence-electron chi connectivity index (χ0n) is 8.00. The molecule has 0 aromatic carbocycles. The Balaban J connectivity index is 0.000000561. The van der Waals surface area contributed by atoms with E-state index in [0.717, 1.165) is 0 Å². The monoisotopic (exact) mass is 168 g/mol. The molecule has 0 radical (unpaired) electrons.